The van der Waals surface area contributed by atoms with Gasteiger partial charge in [0.1, 0.15) is 0 Å². The molecule has 0 bridgehead atoms. The molecule has 0 amide bonds. The van der Waals surface area contributed by atoms with Crippen LogP contribution in [0.15, 0.2) is 0 Å². The molecule has 0 saturated heterocycles. The van der Waals surface area contributed by atoms with Gasteiger partial charge in [0.2, 0.25) is 0 Å². The topological polar surface area (TPSA) is 56.8 Å². The van der Waals surface area contributed by atoms with E-state index in [9.17, 15) is 0 Å². The normalized spacial score (nSPS) is 13.8. The molecule has 3 nitrogen and oxygen atoms in total. The molecular weight excluding hydrogens is 252 g/mol. The van der Waals surface area contributed by atoms with Gasteiger partial charge in [-0.3, -0.25) is 3.63 Å². The predicted octanol–water partition coefficient (Wildman–Crippen LogP) is 3.57. The zero-order chi connectivity index (χ0) is 13.4. The fourth-order valence-corrected chi connectivity index (χ4v) is 7.78. The van der Waals surface area contributed by atoms with Crippen LogP contribution in [0.5, 0.6) is 0 Å². The predicted molar refractivity (Wildman–Crippen MR) is 79.4 cm³/mol. The van der Waals surface area contributed by atoms with Crippen LogP contribution in [0.3, 0.4) is 0 Å². The van der Waals surface area contributed by atoms with Gasteiger partial charge in [0, 0.05) is 24.3 Å². The Morgan fingerprint density at radius 3 is 1.47 bits per heavy atom. The maximum atomic E-state index is 8.53. The van der Waals surface area contributed by atoms with E-state index in [1.165, 1.54) is 0 Å². The number of unbranched alkanes of at least 4 members (excludes halogenated alkanes) is 2. The molecule has 100 valence electrons. The Morgan fingerprint density at radius 2 is 1.18 bits per heavy atom. The summed E-state index contributed by atoms with van der Waals surface area (Å²) in [6.45, 7) is 0. The summed E-state index contributed by atoms with van der Waals surface area (Å²) >= 11 is 0. The van der Waals surface area contributed by atoms with Gasteiger partial charge in [-0.15, -0.1) is 20.6 Å². The minimum absolute atomic E-state index is 0.615. The minimum atomic E-state index is -1.05. The van der Waals surface area contributed by atoms with E-state index in [4.69, 9.17) is 14.2 Å². The molecule has 0 heterocycles. The fraction of sp³-hybridized carbons (Fsp3) is 0.833. The summed E-state index contributed by atoms with van der Waals surface area (Å²) in [4.78, 5) is 0. The van der Waals surface area contributed by atoms with Gasteiger partial charge in [0.15, 0.2) is 0 Å². The summed E-state index contributed by atoms with van der Waals surface area (Å²) in [5.74, 6) is 1.99. The highest BCUT2D eigenvalue weighted by Gasteiger charge is 2.21. The van der Waals surface area contributed by atoms with Crippen LogP contribution in [-0.4, -0.2) is 36.5 Å². The number of nitrogens with zero attached hydrogens (tertiary/aromatic N) is 2. The van der Waals surface area contributed by atoms with Gasteiger partial charge in [-0.2, -0.15) is 10.5 Å². The smallest absolute Gasteiger partial charge is 0.0622 e. The second-order valence-electron chi connectivity index (χ2n) is 4.87. The Bertz CT molecular complexity index is 273. The molecule has 0 aliphatic heterocycles. The molecule has 0 aromatic carbocycles. The molecule has 0 aliphatic rings. The monoisotopic (exact) mass is 276 g/mol. The van der Waals surface area contributed by atoms with Crippen LogP contribution in [0.2, 0.25) is 0 Å². The maximum absolute atomic E-state index is 8.53. The zero-order valence-electron chi connectivity index (χ0n) is 11.4. The van der Waals surface area contributed by atoms with Gasteiger partial charge in [-0.05, 0) is 37.9 Å². The average Bonchev–Trinajstić information content (AvgIpc) is 2.16. The standard InChI is InChI=1S/C12H24N2OS2/c1-16(2,11-7-5-9-13)15-17(3,4)12-8-6-10-14/h5-8,11-12H2,1-4H3. The van der Waals surface area contributed by atoms with E-state index in [0.29, 0.717) is 12.8 Å². The zero-order valence-corrected chi connectivity index (χ0v) is 13.0. The molecule has 5 heteroatoms. The first-order valence-corrected chi connectivity index (χ1v) is 10.8. The minimum Gasteiger partial charge on any atom is -0.291 e. The Hall–Kier alpha value is -0.360. The van der Waals surface area contributed by atoms with E-state index < -0.39 is 20.6 Å². The summed E-state index contributed by atoms with van der Waals surface area (Å²) in [7, 11) is -2.09. The molecule has 0 fully saturated rings. The molecule has 0 saturated carbocycles. The second-order valence-corrected chi connectivity index (χ2v) is 12.0. The van der Waals surface area contributed by atoms with E-state index in [1.807, 2.05) is 0 Å². The lowest BCUT2D eigenvalue weighted by atomic mass is 10.4. The van der Waals surface area contributed by atoms with Gasteiger partial charge >= 0.3 is 0 Å². The van der Waals surface area contributed by atoms with Crippen molar-refractivity contribution in [2.45, 2.75) is 25.7 Å². The third-order valence-electron chi connectivity index (χ3n) is 2.22. The lowest BCUT2D eigenvalue weighted by Gasteiger charge is -2.42. The Kier molecular flexibility index (Phi) is 7.70. The van der Waals surface area contributed by atoms with Gasteiger partial charge in [0.25, 0.3) is 0 Å². The van der Waals surface area contributed by atoms with Gasteiger partial charge in [-0.25, -0.2) is 0 Å². The van der Waals surface area contributed by atoms with E-state index in [1.54, 1.807) is 0 Å². The molecule has 0 aromatic rings. The maximum Gasteiger partial charge on any atom is 0.0622 e. The fourth-order valence-electron chi connectivity index (χ4n) is 1.56. The number of nitriles is 2. The molecule has 0 aliphatic carbocycles. The van der Waals surface area contributed by atoms with E-state index in [0.717, 1.165) is 24.3 Å². The lowest BCUT2D eigenvalue weighted by Crippen LogP contribution is -2.12. The third kappa shape index (κ3) is 9.35. The summed E-state index contributed by atoms with van der Waals surface area (Å²) in [5.41, 5.74) is 0. The van der Waals surface area contributed by atoms with E-state index in [2.05, 4.69) is 37.2 Å². The molecule has 0 aromatic heterocycles. The number of rotatable bonds is 8. The number of hydrogen-bond acceptors (Lipinski definition) is 3. The first-order valence-electron chi connectivity index (χ1n) is 5.70. The van der Waals surface area contributed by atoms with Crippen molar-refractivity contribution in [3.05, 3.63) is 0 Å². The van der Waals surface area contributed by atoms with Crippen molar-refractivity contribution in [3.8, 4) is 12.1 Å². The van der Waals surface area contributed by atoms with Crippen LogP contribution in [-0.2, 0) is 3.63 Å². The average molecular weight is 276 g/mol. The van der Waals surface area contributed by atoms with Crippen LogP contribution in [0.25, 0.3) is 0 Å². The largest absolute Gasteiger partial charge is 0.291 e. The molecule has 0 atom stereocenters. The molecule has 0 unspecified atom stereocenters. The summed E-state index contributed by atoms with van der Waals surface area (Å²) in [5, 5.41) is 17.1. The summed E-state index contributed by atoms with van der Waals surface area (Å²) in [6, 6.07) is 4.35. The molecular formula is C12H24N2OS2. The highest BCUT2D eigenvalue weighted by atomic mass is 32.3. The van der Waals surface area contributed by atoms with Crippen molar-refractivity contribution in [1.29, 1.82) is 10.5 Å². The second kappa shape index (κ2) is 7.87. The molecule has 17 heavy (non-hydrogen) atoms. The van der Waals surface area contributed by atoms with Gasteiger partial charge in [-0.1, -0.05) is 0 Å². The summed E-state index contributed by atoms with van der Waals surface area (Å²) in [6.07, 6.45) is 11.8. The Balaban J connectivity index is 4.09. The quantitative estimate of drug-likeness (QED) is 0.637. The first kappa shape index (κ1) is 16.6. The lowest BCUT2D eigenvalue weighted by molar-refractivity contribution is 0.692. The van der Waals surface area contributed by atoms with Crippen molar-refractivity contribution >= 4 is 20.6 Å². The SMILES string of the molecule is CS(C)(CCCC#N)OS(C)(C)CCCC#N. The number of hydrogen-bond donors (Lipinski definition) is 0. The Morgan fingerprint density at radius 1 is 0.824 bits per heavy atom. The molecule has 0 rings (SSSR count). The van der Waals surface area contributed by atoms with Crippen molar-refractivity contribution in [2.75, 3.05) is 36.5 Å². The van der Waals surface area contributed by atoms with Crippen molar-refractivity contribution in [2.24, 2.45) is 0 Å². The molecule has 0 spiro atoms. The van der Waals surface area contributed by atoms with Crippen LogP contribution >= 0.6 is 20.6 Å². The first-order chi connectivity index (χ1) is 7.83. The third-order valence-corrected chi connectivity index (χ3v) is 7.71. The highest BCUT2D eigenvalue weighted by Crippen LogP contribution is 2.58. The van der Waals surface area contributed by atoms with Crippen LogP contribution in [0.1, 0.15) is 25.7 Å². The van der Waals surface area contributed by atoms with E-state index in [-0.39, 0.29) is 0 Å². The van der Waals surface area contributed by atoms with Crippen molar-refractivity contribution < 1.29 is 3.63 Å². The molecule has 0 N–H and O–H groups in total. The molecule has 0 radical (unpaired) electrons. The van der Waals surface area contributed by atoms with Crippen molar-refractivity contribution in [1.82, 2.24) is 0 Å². The summed E-state index contributed by atoms with van der Waals surface area (Å²) < 4.78 is 6.27. The van der Waals surface area contributed by atoms with Crippen LogP contribution in [0.4, 0.5) is 0 Å². The van der Waals surface area contributed by atoms with Gasteiger partial charge in [0.05, 0.1) is 12.1 Å². The van der Waals surface area contributed by atoms with E-state index >= 15 is 0 Å². The van der Waals surface area contributed by atoms with Gasteiger partial charge < -0.3 is 0 Å². The van der Waals surface area contributed by atoms with Crippen LogP contribution < -0.4 is 0 Å². The van der Waals surface area contributed by atoms with Crippen LogP contribution in [0, 0.1) is 22.7 Å². The Labute approximate surface area is 109 Å². The highest BCUT2D eigenvalue weighted by molar-refractivity contribution is 8.40. The van der Waals surface area contributed by atoms with Crippen molar-refractivity contribution in [3.63, 3.8) is 0 Å².